The SMILES string of the molecule is CC.CC.CC(=O)NCC(C)(C)C.OC1CCC1. The van der Waals surface area contributed by atoms with Crippen LogP contribution in [0.4, 0.5) is 0 Å². The molecule has 0 aromatic heterocycles. The second kappa shape index (κ2) is 14.5. The number of rotatable bonds is 1. The van der Waals surface area contributed by atoms with Crippen molar-refractivity contribution in [1.29, 1.82) is 0 Å². The fraction of sp³-hybridized carbons (Fsp3) is 0.933. The molecule has 0 unspecified atom stereocenters. The number of aliphatic hydroxyl groups is 1. The molecule has 3 nitrogen and oxygen atoms in total. The van der Waals surface area contributed by atoms with Crippen LogP contribution in [0.1, 0.15) is 74.7 Å². The fourth-order valence-electron chi connectivity index (χ4n) is 0.776. The molecule has 0 aromatic carbocycles. The summed E-state index contributed by atoms with van der Waals surface area (Å²) in [6.45, 7) is 16.5. The minimum absolute atomic E-state index is 0.0462. The van der Waals surface area contributed by atoms with Crippen molar-refractivity contribution in [2.75, 3.05) is 6.54 Å². The third kappa shape index (κ3) is 24.6. The summed E-state index contributed by atoms with van der Waals surface area (Å²) in [6, 6.07) is 0. The van der Waals surface area contributed by atoms with E-state index in [9.17, 15) is 4.79 Å². The van der Waals surface area contributed by atoms with Crippen LogP contribution in [0.3, 0.4) is 0 Å². The van der Waals surface area contributed by atoms with Crippen LogP contribution in [0.25, 0.3) is 0 Å². The van der Waals surface area contributed by atoms with Crippen LogP contribution in [0, 0.1) is 5.41 Å². The van der Waals surface area contributed by atoms with Crippen molar-refractivity contribution in [2.24, 2.45) is 5.41 Å². The summed E-state index contributed by atoms with van der Waals surface area (Å²) in [7, 11) is 0. The maximum Gasteiger partial charge on any atom is 0.216 e. The van der Waals surface area contributed by atoms with Gasteiger partial charge in [0.1, 0.15) is 0 Å². The van der Waals surface area contributed by atoms with Crippen molar-refractivity contribution in [3.05, 3.63) is 0 Å². The van der Waals surface area contributed by atoms with E-state index in [1.807, 2.05) is 27.7 Å². The molecule has 0 aromatic rings. The Bertz CT molecular complexity index is 170. The first-order chi connectivity index (χ1) is 8.31. The molecule has 0 spiro atoms. The number of amides is 1. The lowest BCUT2D eigenvalue weighted by Gasteiger charge is -2.17. The second-order valence-corrected chi connectivity index (χ2v) is 5.06. The van der Waals surface area contributed by atoms with E-state index in [4.69, 9.17) is 5.11 Å². The summed E-state index contributed by atoms with van der Waals surface area (Å²) >= 11 is 0. The lowest BCUT2D eigenvalue weighted by atomic mass is 9.97. The van der Waals surface area contributed by atoms with E-state index in [0.29, 0.717) is 0 Å². The fourth-order valence-corrected chi connectivity index (χ4v) is 0.776. The molecule has 0 atom stereocenters. The quantitative estimate of drug-likeness (QED) is 0.755. The highest BCUT2D eigenvalue weighted by atomic mass is 16.3. The zero-order valence-electron chi connectivity index (χ0n) is 13.8. The maximum absolute atomic E-state index is 10.4. The summed E-state index contributed by atoms with van der Waals surface area (Å²) in [5.41, 5.74) is 0.200. The Morgan fingerprint density at radius 2 is 1.50 bits per heavy atom. The molecule has 112 valence electrons. The van der Waals surface area contributed by atoms with Crippen LogP contribution in [-0.2, 0) is 4.79 Å². The van der Waals surface area contributed by atoms with Gasteiger partial charge in [0.25, 0.3) is 0 Å². The van der Waals surface area contributed by atoms with Gasteiger partial charge in [-0.25, -0.2) is 0 Å². The van der Waals surface area contributed by atoms with Gasteiger partial charge >= 0.3 is 0 Å². The van der Waals surface area contributed by atoms with E-state index in [1.165, 1.54) is 13.3 Å². The van der Waals surface area contributed by atoms with Gasteiger partial charge in [0.15, 0.2) is 0 Å². The van der Waals surface area contributed by atoms with E-state index in [1.54, 1.807) is 0 Å². The maximum atomic E-state index is 10.4. The molecule has 0 aliphatic heterocycles. The number of nitrogens with one attached hydrogen (secondary N) is 1. The molecule has 0 bridgehead atoms. The molecule has 1 aliphatic carbocycles. The van der Waals surface area contributed by atoms with Crippen molar-refractivity contribution in [2.45, 2.75) is 80.8 Å². The standard InChI is InChI=1S/C7H15NO.C4H8O.2C2H6/c1-6(9)8-5-7(2,3)4;5-4-2-1-3-4;2*1-2/h5H2,1-4H3,(H,8,9);4-5H,1-3H2;2*1-2H3. The van der Waals surface area contributed by atoms with Gasteiger partial charge in [0.05, 0.1) is 6.10 Å². The van der Waals surface area contributed by atoms with Crippen LogP contribution in [0.2, 0.25) is 0 Å². The Morgan fingerprint density at radius 1 is 1.17 bits per heavy atom. The average Bonchev–Trinajstić information content (AvgIpc) is 2.29. The number of aliphatic hydroxyl groups excluding tert-OH is 1. The van der Waals surface area contributed by atoms with Gasteiger partial charge in [-0.2, -0.15) is 0 Å². The molecule has 1 rings (SSSR count). The molecule has 1 aliphatic rings. The second-order valence-electron chi connectivity index (χ2n) is 5.06. The highest BCUT2D eigenvalue weighted by Gasteiger charge is 2.11. The predicted octanol–water partition coefficient (Wildman–Crippen LogP) is 3.75. The molecule has 2 N–H and O–H groups in total. The molecule has 1 amide bonds. The van der Waals surface area contributed by atoms with Gasteiger partial charge in [-0.3, -0.25) is 4.79 Å². The first-order valence-corrected chi connectivity index (χ1v) is 7.24. The van der Waals surface area contributed by atoms with Crippen molar-refractivity contribution < 1.29 is 9.90 Å². The molecule has 1 fully saturated rings. The highest BCUT2D eigenvalue weighted by Crippen LogP contribution is 2.16. The molecule has 0 heterocycles. The zero-order chi connectivity index (χ0) is 15.2. The van der Waals surface area contributed by atoms with Crippen molar-refractivity contribution in [1.82, 2.24) is 5.32 Å². The van der Waals surface area contributed by atoms with Crippen LogP contribution in [0.15, 0.2) is 0 Å². The number of carbonyl (C=O) groups excluding carboxylic acids is 1. The van der Waals surface area contributed by atoms with E-state index < -0.39 is 0 Å². The normalized spacial score (nSPS) is 13.4. The summed E-state index contributed by atoms with van der Waals surface area (Å²) in [6.07, 6.45) is 3.39. The van der Waals surface area contributed by atoms with E-state index in [-0.39, 0.29) is 17.4 Å². The van der Waals surface area contributed by atoms with E-state index in [0.717, 1.165) is 19.4 Å². The van der Waals surface area contributed by atoms with Crippen LogP contribution in [0.5, 0.6) is 0 Å². The molecule has 0 radical (unpaired) electrons. The summed E-state index contributed by atoms with van der Waals surface area (Å²) in [4.78, 5) is 10.4. The Labute approximate surface area is 114 Å². The zero-order valence-corrected chi connectivity index (χ0v) is 13.8. The minimum Gasteiger partial charge on any atom is -0.393 e. The van der Waals surface area contributed by atoms with Gasteiger partial charge in [0, 0.05) is 13.5 Å². The molecular weight excluding hydrogens is 226 g/mol. The number of hydrogen-bond donors (Lipinski definition) is 2. The Kier molecular flexibility index (Phi) is 18.2. The monoisotopic (exact) mass is 261 g/mol. The van der Waals surface area contributed by atoms with Gasteiger partial charge in [0.2, 0.25) is 5.91 Å². The average molecular weight is 261 g/mol. The molecule has 3 heteroatoms. The Morgan fingerprint density at radius 3 is 1.56 bits per heavy atom. The smallest absolute Gasteiger partial charge is 0.216 e. The van der Waals surface area contributed by atoms with Crippen molar-refractivity contribution in [3.8, 4) is 0 Å². The highest BCUT2D eigenvalue weighted by molar-refractivity contribution is 5.72. The molecule has 18 heavy (non-hydrogen) atoms. The van der Waals surface area contributed by atoms with Crippen LogP contribution >= 0.6 is 0 Å². The molecule has 0 saturated heterocycles. The van der Waals surface area contributed by atoms with Crippen LogP contribution in [-0.4, -0.2) is 23.7 Å². The number of carbonyl (C=O) groups is 1. The largest absolute Gasteiger partial charge is 0.393 e. The van der Waals surface area contributed by atoms with Gasteiger partial charge in [-0.1, -0.05) is 48.5 Å². The van der Waals surface area contributed by atoms with Gasteiger partial charge in [-0.05, 0) is 24.7 Å². The first kappa shape index (κ1) is 22.6. The summed E-state index contributed by atoms with van der Waals surface area (Å²) < 4.78 is 0. The van der Waals surface area contributed by atoms with Crippen LogP contribution < -0.4 is 5.32 Å². The third-order valence-corrected chi connectivity index (χ3v) is 1.94. The van der Waals surface area contributed by atoms with Gasteiger partial charge < -0.3 is 10.4 Å². The summed E-state index contributed by atoms with van der Waals surface area (Å²) in [5, 5.41) is 11.2. The molecular formula is C15H35NO2. The van der Waals surface area contributed by atoms with E-state index >= 15 is 0 Å². The molecule has 1 saturated carbocycles. The topological polar surface area (TPSA) is 49.3 Å². The number of hydrogen-bond acceptors (Lipinski definition) is 2. The lowest BCUT2D eigenvalue weighted by molar-refractivity contribution is -0.119. The Balaban J connectivity index is -0.000000210. The van der Waals surface area contributed by atoms with E-state index in [2.05, 4.69) is 26.1 Å². The summed E-state index contributed by atoms with van der Waals surface area (Å²) in [5.74, 6) is 0.0462. The van der Waals surface area contributed by atoms with Crippen molar-refractivity contribution >= 4 is 5.91 Å². The first-order valence-electron chi connectivity index (χ1n) is 7.24. The lowest BCUT2D eigenvalue weighted by Crippen LogP contribution is -2.30. The predicted molar refractivity (Wildman–Crippen MR) is 80.7 cm³/mol. The Hall–Kier alpha value is -0.570. The third-order valence-electron chi connectivity index (χ3n) is 1.94. The minimum atomic E-state index is 0.0462. The van der Waals surface area contributed by atoms with Crippen molar-refractivity contribution in [3.63, 3.8) is 0 Å². The van der Waals surface area contributed by atoms with Gasteiger partial charge in [-0.15, -0.1) is 0 Å².